The summed E-state index contributed by atoms with van der Waals surface area (Å²) in [5, 5.41) is 2.88. The van der Waals surface area contributed by atoms with Gasteiger partial charge >= 0.3 is 0 Å². The van der Waals surface area contributed by atoms with E-state index in [9.17, 15) is 4.91 Å². The van der Waals surface area contributed by atoms with E-state index in [2.05, 4.69) is 19.0 Å². The summed E-state index contributed by atoms with van der Waals surface area (Å²) >= 11 is 0. The highest BCUT2D eigenvalue weighted by atomic mass is 16.5. The van der Waals surface area contributed by atoms with Gasteiger partial charge in [0.05, 0.1) is 12.7 Å². The van der Waals surface area contributed by atoms with Gasteiger partial charge in [-0.15, -0.1) is 0 Å². The largest absolute Gasteiger partial charge is 0.376 e. The van der Waals surface area contributed by atoms with E-state index >= 15 is 0 Å². The first-order valence-electron chi connectivity index (χ1n) is 4.68. The second-order valence-electron chi connectivity index (χ2n) is 3.11. The summed E-state index contributed by atoms with van der Waals surface area (Å²) in [7, 11) is 0. The molecule has 0 heterocycles. The number of nitrogens with zero attached hydrogens (tertiary/aromatic N) is 1. The summed E-state index contributed by atoms with van der Waals surface area (Å²) < 4.78 is 5.49. The van der Waals surface area contributed by atoms with Gasteiger partial charge in [0.15, 0.2) is 0 Å². The van der Waals surface area contributed by atoms with Gasteiger partial charge in [0, 0.05) is 0 Å². The van der Waals surface area contributed by atoms with E-state index in [-0.39, 0.29) is 6.04 Å². The summed E-state index contributed by atoms with van der Waals surface area (Å²) in [4.78, 5) is 10.0. The first-order chi connectivity index (χ1) is 5.74. The van der Waals surface area contributed by atoms with Gasteiger partial charge in [-0.3, -0.25) is 0 Å². The topological polar surface area (TPSA) is 38.7 Å². The van der Waals surface area contributed by atoms with Crippen LogP contribution in [0.2, 0.25) is 0 Å². The Labute approximate surface area is 74.5 Å². The van der Waals surface area contributed by atoms with Crippen LogP contribution in [0.5, 0.6) is 0 Å². The lowest BCUT2D eigenvalue weighted by Gasteiger charge is -2.15. The zero-order valence-corrected chi connectivity index (χ0v) is 8.25. The molecule has 3 nitrogen and oxygen atoms in total. The van der Waals surface area contributed by atoms with E-state index in [4.69, 9.17) is 4.74 Å². The van der Waals surface area contributed by atoms with Crippen LogP contribution in [0.1, 0.15) is 40.0 Å². The molecule has 0 aliphatic heterocycles. The molecule has 0 aliphatic rings. The number of hydrogen-bond acceptors (Lipinski definition) is 3. The molecule has 2 unspecified atom stereocenters. The standard InChI is InChI=1S/C9H19NO2/c1-4-6-9(5-2)12-7-8(3)10-11/h8-9H,4-7H2,1-3H3. The van der Waals surface area contributed by atoms with Crippen LogP contribution in [0, 0.1) is 4.91 Å². The average Bonchev–Trinajstić information content (AvgIpc) is 2.11. The maximum atomic E-state index is 10.0. The van der Waals surface area contributed by atoms with Gasteiger partial charge in [-0.2, -0.15) is 4.91 Å². The summed E-state index contributed by atoms with van der Waals surface area (Å²) in [6.45, 7) is 6.46. The Morgan fingerprint density at radius 1 is 1.42 bits per heavy atom. The van der Waals surface area contributed by atoms with Crippen molar-refractivity contribution in [3.63, 3.8) is 0 Å². The Balaban J connectivity index is 3.49. The van der Waals surface area contributed by atoms with Crippen LogP contribution in [0.25, 0.3) is 0 Å². The molecule has 2 atom stereocenters. The highest BCUT2D eigenvalue weighted by Crippen LogP contribution is 2.07. The zero-order valence-electron chi connectivity index (χ0n) is 8.25. The van der Waals surface area contributed by atoms with E-state index in [0.717, 1.165) is 19.3 Å². The summed E-state index contributed by atoms with van der Waals surface area (Å²) in [5.74, 6) is 0. The van der Waals surface area contributed by atoms with Crippen molar-refractivity contribution in [3.8, 4) is 0 Å². The number of rotatable bonds is 7. The van der Waals surface area contributed by atoms with Crippen molar-refractivity contribution in [1.82, 2.24) is 0 Å². The van der Waals surface area contributed by atoms with Gasteiger partial charge < -0.3 is 4.74 Å². The molecule has 0 saturated carbocycles. The molecule has 0 aromatic carbocycles. The minimum absolute atomic E-state index is 0.212. The molecule has 12 heavy (non-hydrogen) atoms. The Bertz CT molecular complexity index is 117. The van der Waals surface area contributed by atoms with E-state index in [0.29, 0.717) is 12.7 Å². The van der Waals surface area contributed by atoms with Gasteiger partial charge in [-0.1, -0.05) is 25.4 Å². The third kappa shape index (κ3) is 5.24. The highest BCUT2D eigenvalue weighted by molar-refractivity contribution is 4.59. The molecule has 0 aliphatic carbocycles. The lowest BCUT2D eigenvalue weighted by atomic mass is 10.1. The molecular formula is C9H19NO2. The molecule has 0 bridgehead atoms. The van der Waals surface area contributed by atoms with E-state index < -0.39 is 0 Å². The van der Waals surface area contributed by atoms with Crippen LogP contribution < -0.4 is 0 Å². The van der Waals surface area contributed by atoms with Crippen molar-refractivity contribution in [2.75, 3.05) is 6.61 Å². The molecular weight excluding hydrogens is 154 g/mol. The van der Waals surface area contributed by atoms with Crippen molar-refractivity contribution in [2.24, 2.45) is 5.18 Å². The SMILES string of the molecule is CCCC(CC)OCC(C)N=O. The van der Waals surface area contributed by atoms with Crippen LogP contribution in [-0.2, 0) is 4.74 Å². The van der Waals surface area contributed by atoms with Crippen LogP contribution in [-0.4, -0.2) is 18.8 Å². The summed E-state index contributed by atoms with van der Waals surface area (Å²) in [5.41, 5.74) is 0. The van der Waals surface area contributed by atoms with Crippen molar-refractivity contribution in [2.45, 2.75) is 52.2 Å². The lowest BCUT2D eigenvalue weighted by molar-refractivity contribution is 0.0384. The number of hydrogen-bond donors (Lipinski definition) is 0. The van der Waals surface area contributed by atoms with Crippen molar-refractivity contribution in [1.29, 1.82) is 0 Å². The zero-order chi connectivity index (χ0) is 9.40. The van der Waals surface area contributed by atoms with Crippen LogP contribution in [0.15, 0.2) is 5.18 Å². The van der Waals surface area contributed by atoms with E-state index in [1.54, 1.807) is 6.92 Å². The first kappa shape index (κ1) is 11.6. The maximum Gasteiger partial charge on any atom is 0.112 e. The Morgan fingerprint density at radius 2 is 2.08 bits per heavy atom. The minimum atomic E-state index is -0.212. The number of ether oxygens (including phenoxy) is 1. The van der Waals surface area contributed by atoms with Gasteiger partial charge in [0.1, 0.15) is 6.04 Å². The average molecular weight is 173 g/mol. The molecule has 0 aromatic heterocycles. The second kappa shape index (κ2) is 7.22. The van der Waals surface area contributed by atoms with Crippen LogP contribution in [0.4, 0.5) is 0 Å². The molecule has 3 heteroatoms. The normalized spacial score (nSPS) is 15.6. The third-order valence-electron chi connectivity index (χ3n) is 1.82. The fourth-order valence-electron chi connectivity index (χ4n) is 1.03. The smallest absolute Gasteiger partial charge is 0.112 e. The van der Waals surface area contributed by atoms with Gasteiger partial charge in [-0.25, -0.2) is 0 Å². The van der Waals surface area contributed by atoms with E-state index in [1.807, 2.05) is 0 Å². The Morgan fingerprint density at radius 3 is 2.50 bits per heavy atom. The molecule has 0 spiro atoms. The van der Waals surface area contributed by atoms with Crippen LogP contribution in [0.3, 0.4) is 0 Å². The van der Waals surface area contributed by atoms with Crippen LogP contribution >= 0.6 is 0 Å². The molecule has 0 aromatic rings. The van der Waals surface area contributed by atoms with Crippen molar-refractivity contribution in [3.05, 3.63) is 4.91 Å². The summed E-state index contributed by atoms with van der Waals surface area (Å²) in [6.07, 6.45) is 3.52. The van der Waals surface area contributed by atoms with Crippen molar-refractivity contribution >= 4 is 0 Å². The quantitative estimate of drug-likeness (QED) is 0.555. The summed E-state index contributed by atoms with van der Waals surface area (Å²) in [6, 6.07) is -0.212. The monoisotopic (exact) mass is 173 g/mol. The van der Waals surface area contributed by atoms with Gasteiger partial charge in [-0.05, 0) is 19.8 Å². The molecule has 0 fully saturated rings. The van der Waals surface area contributed by atoms with Gasteiger partial charge in [0.25, 0.3) is 0 Å². The molecule has 72 valence electrons. The molecule has 0 amide bonds. The molecule has 0 saturated heterocycles. The second-order valence-corrected chi connectivity index (χ2v) is 3.11. The predicted molar refractivity (Wildman–Crippen MR) is 50.2 cm³/mol. The molecule has 0 rings (SSSR count). The number of nitroso groups, excluding NO2 is 1. The minimum Gasteiger partial charge on any atom is -0.376 e. The predicted octanol–water partition coefficient (Wildman–Crippen LogP) is 2.74. The fraction of sp³-hybridized carbons (Fsp3) is 1.00. The Hall–Kier alpha value is -0.440. The maximum absolute atomic E-state index is 10.0. The van der Waals surface area contributed by atoms with E-state index in [1.165, 1.54) is 0 Å². The van der Waals surface area contributed by atoms with Gasteiger partial charge in [0.2, 0.25) is 0 Å². The molecule has 0 N–H and O–H groups in total. The third-order valence-corrected chi connectivity index (χ3v) is 1.82. The Kier molecular flexibility index (Phi) is 6.96. The fourth-order valence-corrected chi connectivity index (χ4v) is 1.03. The lowest BCUT2D eigenvalue weighted by Crippen LogP contribution is -2.17. The van der Waals surface area contributed by atoms with Crippen molar-refractivity contribution < 1.29 is 4.74 Å². The first-order valence-corrected chi connectivity index (χ1v) is 4.68. The highest BCUT2D eigenvalue weighted by Gasteiger charge is 2.07. The molecule has 0 radical (unpaired) electrons.